The van der Waals surface area contributed by atoms with Crippen molar-refractivity contribution in [3.05, 3.63) is 47.0 Å². The number of aliphatic hydroxyl groups excluding tert-OH is 1. The maximum absolute atomic E-state index is 12.7. The van der Waals surface area contributed by atoms with E-state index in [2.05, 4.69) is 9.97 Å². The van der Waals surface area contributed by atoms with E-state index in [4.69, 9.17) is 0 Å². The number of hydrogen-bond donors (Lipinski definition) is 1. The van der Waals surface area contributed by atoms with Gasteiger partial charge in [0.25, 0.3) is 0 Å². The van der Waals surface area contributed by atoms with Crippen molar-refractivity contribution in [2.75, 3.05) is 0 Å². The van der Waals surface area contributed by atoms with Crippen LogP contribution in [0.2, 0.25) is 0 Å². The number of rotatable bonds is 4. The number of nitrogens with zero attached hydrogens (tertiary/aromatic N) is 3. The van der Waals surface area contributed by atoms with Crippen LogP contribution in [0.15, 0.2) is 30.6 Å². The number of thiazole rings is 1. The number of benzene rings is 1. The first kappa shape index (κ1) is 15.9. The lowest BCUT2D eigenvalue weighted by atomic mass is 10.2. The molecule has 0 aliphatic rings. The molecule has 0 aliphatic heterocycles. The largest absolute Gasteiger partial charge is 0.416 e. The van der Waals surface area contributed by atoms with Crippen molar-refractivity contribution in [2.45, 2.75) is 32.2 Å². The van der Waals surface area contributed by atoms with E-state index >= 15 is 0 Å². The zero-order valence-electron chi connectivity index (χ0n) is 12.2. The van der Waals surface area contributed by atoms with Gasteiger partial charge < -0.3 is 9.67 Å². The molecule has 2 heterocycles. The fourth-order valence-electron chi connectivity index (χ4n) is 2.30. The number of aliphatic hydroxyl groups is 1. The van der Waals surface area contributed by atoms with Crippen molar-refractivity contribution in [3.63, 3.8) is 0 Å². The minimum atomic E-state index is -4.37. The van der Waals surface area contributed by atoms with Crippen molar-refractivity contribution in [1.82, 2.24) is 14.5 Å². The van der Waals surface area contributed by atoms with Gasteiger partial charge in [-0.1, -0.05) is 0 Å². The summed E-state index contributed by atoms with van der Waals surface area (Å²) in [5, 5.41) is 10.2. The van der Waals surface area contributed by atoms with Gasteiger partial charge >= 0.3 is 6.18 Å². The maximum atomic E-state index is 12.7. The summed E-state index contributed by atoms with van der Waals surface area (Å²) in [4.78, 5) is 8.47. The summed E-state index contributed by atoms with van der Waals surface area (Å²) in [5.74, 6) is 0.718. The smallest absolute Gasteiger partial charge is 0.393 e. The van der Waals surface area contributed by atoms with E-state index < -0.39 is 17.8 Å². The zero-order chi connectivity index (χ0) is 16.6. The van der Waals surface area contributed by atoms with Gasteiger partial charge in [-0.3, -0.25) is 0 Å². The summed E-state index contributed by atoms with van der Waals surface area (Å²) in [6.07, 6.45) is -1.07. The molecule has 23 heavy (non-hydrogen) atoms. The lowest BCUT2D eigenvalue weighted by Crippen LogP contribution is -2.11. The van der Waals surface area contributed by atoms with Gasteiger partial charge in [-0.05, 0) is 25.1 Å². The van der Waals surface area contributed by atoms with Crippen LogP contribution in [0.4, 0.5) is 13.2 Å². The summed E-state index contributed by atoms with van der Waals surface area (Å²) in [7, 11) is 0. The van der Waals surface area contributed by atoms with E-state index in [1.165, 1.54) is 17.4 Å². The first-order chi connectivity index (χ1) is 10.8. The minimum absolute atomic E-state index is 0.344. The first-order valence-electron chi connectivity index (χ1n) is 6.97. The predicted octanol–water partition coefficient (Wildman–Crippen LogP) is 3.48. The average molecular weight is 341 g/mol. The highest BCUT2D eigenvalue weighted by molar-refractivity contribution is 7.18. The second-order valence-electron chi connectivity index (χ2n) is 5.31. The molecule has 0 saturated heterocycles. The summed E-state index contributed by atoms with van der Waals surface area (Å²) in [5.41, 5.74) is -0.351. The van der Waals surface area contributed by atoms with Crippen molar-refractivity contribution in [1.29, 1.82) is 0 Å². The molecule has 0 amide bonds. The summed E-state index contributed by atoms with van der Waals surface area (Å²) in [6, 6.07) is 3.59. The normalized spacial score (nSPS) is 13.6. The van der Waals surface area contributed by atoms with Crippen molar-refractivity contribution in [2.24, 2.45) is 0 Å². The first-order valence-corrected chi connectivity index (χ1v) is 7.79. The van der Waals surface area contributed by atoms with Crippen LogP contribution < -0.4 is 0 Å². The van der Waals surface area contributed by atoms with Gasteiger partial charge in [-0.15, -0.1) is 11.3 Å². The number of fused-ring (bicyclic) bond motifs is 1. The van der Waals surface area contributed by atoms with Gasteiger partial charge in [-0.2, -0.15) is 13.2 Å². The molecule has 0 spiro atoms. The lowest BCUT2D eigenvalue weighted by Gasteiger charge is -2.07. The Labute approximate surface area is 134 Å². The van der Waals surface area contributed by atoms with Crippen LogP contribution in [-0.4, -0.2) is 25.7 Å². The van der Waals surface area contributed by atoms with Crippen LogP contribution in [0, 0.1) is 0 Å². The molecule has 8 heteroatoms. The number of imidazole rings is 1. The van der Waals surface area contributed by atoms with Crippen LogP contribution in [0.1, 0.15) is 23.3 Å². The van der Waals surface area contributed by atoms with E-state index in [1.807, 2.05) is 4.57 Å². The van der Waals surface area contributed by atoms with Crippen molar-refractivity contribution >= 4 is 21.6 Å². The van der Waals surface area contributed by atoms with Crippen LogP contribution in [0.5, 0.6) is 0 Å². The number of aromatic nitrogens is 3. The maximum Gasteiger partial charge on any atom is 0.416 e. The third kappa shape index (κ3) is 3.53. The van der Waals surface area contributed by atoms with E-state index in [-0.39, 0.29) is 0 Å². The number of alkyl halides is 3. The molecule has 3 rings (SSSR count). The third-order valence-corrected chi connectivity index (χ3v) is 4.37. The Morgan fingerprint density at radius 2 is 2.13 bits per heavy atom. The molecule has 0 bridgehead atoms. The molecule has 3 aromatic rings. The highest BCUT2D eigenvalue weighted by Crippen LogP contribution is 2.33. The SMILES string of the molecule is CC(O)Cc1nccn1Cc1nc2cc(C(F)(F)F)ccc2s1. The fraction of sp³-hybridized carbons (Fsp3) is 0.333. The molecule has 0 saturated carbocycles. The molecule has 1 N–H and O–H groups in total. The Bertz CT molecular complexity index is 823. The van der Waals surface area contributed by atoms with Gasteiger partial charge in [0.1, 0.15) is 10.8 Å². The molecule has 0 aliphatic carbocycles. The Morgan fingerprint density at radius 3 is 2.83 bits per heavy atom. The molecule has 0 fully saturated rings. The fourth-order valence-corrected chi connectivity index (χ4v) is 3.25. The van der Waals surface area contributed by atoms with E-state index in [0.29, 0.717) is 28.2 Å². The monoisotopic (exact) mass is 341 g/mol. The van der Waals surface area contributed by atoms with Crippen LogP contribution >= 0.6 is 11.3 Å². The van der Waals surface area contributed by atoms with Gasteiger partial charge in [0.15, 0.2) is 0 Å². The Balaban J connectivity index is 1.88. The van der Waals surface area contributed by atoms with Crippen LogP contribution in [0.25, 0.3) is 10.2 Å². The predicted molar refractivity (Wildman–Crippen MR) is 81.3 cm³/mol. The van der Waals surface area contributed by atoms with Gasteiger partial charge in [0.2, 0.25) is 0 Å². The topological polar surface area (TPSA) is 50.9 Å². The Hall–Kier alpha value is -1.93. The third-order valence-electron chi connectivity index (χ3n) is 3.34. The highest BCUT2D eigenvalue weighted by atomic mass is 32.1. The second-order valence-corrected chi connectivity index (χ2v) is 6.43. The lowest BCUT2D eigenvalue weighted by molar-refractivity contribution is -0.137. The molecule has 4 nitrogen and oxygen atoms in total. The van der Waals surface area contributed by atoms with Crippen LogP contribution in [0.3, 0.4) is 0 Å². The highest BCUT2D eigenvalue weighted by Gasteiger charge is 2.30. The summed E-state index contributed by atoms with van der Waals surface area (Å²) >= 11 is 1.35. The number of hydrogen-bond acceptors (Lipinski definition) is 4. The minimum Gasteiger partial charge on any atom is -0.393 e. The van der Waals surface area contributed by atoms with Gasteiger partial charge in [-0.25, -0.2) is 9.97 Å². The molecule has 1 aromatic carbocycles. The van der Waals surface area contributed by atoms with Crippen LogP contribution in [-0.2, 0) is 19.1 Å². The van der Waals surface area contributed by atoms with E-state index in [1.54, 1.807) is 19.3 Å². The number of halogens is 3. The Morgan fingerprint density at radius 1 is 1.35 bits per heavy atom. The molecular formula is C15H14F3N3OS. The summed E-state index contributed by atoms with van der Waals surface area (Å²) < 4.78 is 40.8. The summed E-state index contributed by atoms with van der Waals surface area (Å²) in [6.45, 7) is 2.10. The molecular weight excluding hydrogens is 327 g/mol. The Kier molecular flexibility index (Phi) is 4.11. The molecule has 0 radical (unpaired) electrons. The van der Waals surface area contributed by atoms with E-state index in [9.17, 15) is 18.3 Å². The van der Waals surface area contributed by atoms with Crippen molar-refractivity contribution < 1.29 is 18.3 Å². The average Bonchev–Trinajstić information content (AvgIpc) is 3.03. The molecule has 1 unspecified atom stereocenters. The zero-order valence-corrected chi connectivity index (χ0v) is 13.0. The quantitative estimate of drug-likeness (QED) is 0.790. The van der Waals surface area contributed by atoms with Gasteiger partial charge in [0.05, 0.1) is 28.4 Å². The molecule has 122 valence electrons. The van der Waals surface area contributed by atoms with E-state index in [0.717, 1.165) is 18.0 Å². The van der Waals surface area contributed by atoms with Crippen molar-refractivity contribution in [3.8, 4) is 0 Å². The van der Waals surface area contributed by atoms with Gasteiger partial charge in [0, 0.05) is 18.8 Å². The molecule has 2 aromatic heterocycles. The molecule has 1 atom stereocenters. The second kappa shape index (κ2) is 5.93. The standard InChI is InChI=1S/C15H14F3N3OS/c1-9(22)6-13-19-4-5-21(13)8-14-20-11-7-10(15(16,17)18)2-3-12(11)23-14/h2-5,7,9,22H,6,8H2,1H3.